The van der Waals surface area contributed by atoms with E-state index in [-0.39, 0.29) is 0 Å². The molecule has 0 amide bonds. The molecule has 0 rings (SSSR count). The zero-order valence-corrected chi connectivity index (χ0v) is 27.9. The van der Waals surface area contributed by atoms with Gasteiger partial charge in [0.1, 0.15) is 0 Å². The van der Waals surface area contributed by atoms with Crippen LogP contribution in [-0.4, -0.2) is 97.5 Å². The van der Waals surface area contributed by atoms with E-state index in [9.17, 15) is 29.8 Å². The third-order valence-corrected chi connectivity index (χ3v) is 14.0. The van der Waals surface area contributed by atoms with Gasteiger partial charge in [-0.1, -0.05) is 10.8 Å². The van der Waals surface area contributed by atoms with Crippen LogP contribution in [0.2, 0.25) is 0 Å². The lowest BCUT2D eigenvalue weighted by Gasteiger charge is -2.07. The first-order valence-electron chi connectivity index (χ1n) is 7.22. The van der Waals surface area contributed by atoms with E-state index >= 15 is 0 Å². The third-order valence-electron chi connectivity index (χ3n) is 1.89. The first-order valence-corrected chi connectivity index (χ1v) is 23.5. The quantitative estimate of drug-likeness (QED) is 0.261. The second-order valence-corrected chi connectivity index (χ2v) is 22.8. The summed E-state index contributed by atoms with van der Waals surface area (Å²) in [6.07, 6.45) is 11.0. The molecule has 32 heavy (non-hydrogen) atoms. The smallest absolute Gasteiger partial charge is 0.304 e. The summed E-state index contributed by atoms with van der Waals surface area (Å²) in [5.74, 6) is 0. The minimum atomic E-state index is -3.24. The lowest BCUT2D eigenvalue weighted by molar-refractivity contribution is 0.295. The Kier molecular flexibility index (Phi) is 38.0. The normalized spacial score (nSPS) is 12.7. The van der Waals surface area contributed by atoms with E-state index in [1.165, 1.54) is 61.7 Å². The predicted octanol–water partition coefficient (Wildman–Crippen LogP) is 3.52. The van der Waals surface area contributed by atoms with Gasteiger partial charge in [0, 0.05) is 26.7 Å². The van der Waals surface area contributed by atoms with Crippen LogP contribution in [0.15, 0.2) is 0 Å². The van der Waals surface area contributed by atoms with E-state index in [0.29, 0.717) is 10.8 Å². The van der Waals surface area contributed by atoms with Gasteiger partial charge < -0.3 is 9.05 Å². The van der Waals surface area contributed by atoms with Crippen molar-refractivity contribution in [3.63, 3.8) is 0 Å². The maximum Gasteiger partial charge on any atom is 0.388 e. The van der Waals surface area contributed by atoms with Crippen molar-refractivity contribution in [2.24, 2.45) is 0 Å². The van der Waals surface area contributed by atoms with Crippen molar-refractivity contribution in [2.75, 3.05) is 72.2 Å². The Morgan fingerprint density at radius 1 is 0.781 bits per heavy atom. The van der Waals surface area contributed by atoms with E-state index in [0.717, 1.165) is 29.3 Å². The Labute approximate surface area is 217 Å². The molecule has 0 aliphatic carbocycles. The van der Waals surface area contributed by atoms with E-state index in [1.54, 1.807) is 18.8 Å². The van der Waals surface area contributed by atoms with Crippen LogP contribution in [0.3, 0.4) is 0 Å². The molecular formula is C11H33O11PS9. The van der Waals surface area contributed by atoms with Crippen molar-refractivity contribution in [1.82, 2.24) is 0 Å². The SMILES string of the molecule is COP(=O)(OC)SC.COS(=O)(=O)SC.COS(=O)SC.CSS(C)(=O)=O.CSS(C)=O. The van der Waals surface area contributed by atoms with Crippen LogP contribution in [0, 0.1) is 0 Å². The van der Waals surface area contributed by atoms with Crippen molar-refractivity contribution < 1.29 is 47.2 Å². The lowest BCUT2D eigenvalue weighted by atomic mass is 11.8. The molecule has 2 unspecified atom stereocenters. The number of hydrogen-bond donors (Lipinski definition) is 0. The van der Waals surface area contributed by atoms with Gasteiger partial charge in [-0.05, 0) is 75.0 Å². The van der Waals surface area contributed by atoms with Gasteiger partial charge in [-0.2, -0.15) is 8.42 Å². The summed E-state index contributed by atoms with van der Waals surface area (Å²) in [6.45, 7) is -2.75. The molecule has 202 valence electrons. The second kappa shape index (κ2) is 27.6. The first-order chi connectivity index (χ1) is 14.4. The van der Waals surface area contributed by atoms with Crippen LogP contribution in [0.25, 0.3) is 0 Å². The summed E-state index contributed by atoms with van der Waals surface area (Å²) in [6, 6.07) is 0. The van der Waals surface area contributed by atoms with Gasteiger partial charge in [0.15, 0.2) is 8.87 Å². The van der Waals surface area contributed by atoms with Gasteiger partial charge in [0.05, 0.1) is 24.1 Å². The molecule has 11 nitrogen and oxygen atoms in total. The maximum absolute atomic E-state index is 10.8. The summed E-state index contributed by atoms with van der Waals surface area (Å²) in [5, 5.41) is 0. The minimum absolute atomic E-state index is 0.656. The fourth-order valence-corrected chi connectivity index (χ4v) is 2.79. The highest BCUT2D eigenvalue weighted by Gasteiger charge is 2.17. The molecule has 0 bridgehead atoms. The number of rotatable bonds is 9. The molecule has 0 radical (unpaired) electrons. The highest BCUT2D eigenvalue weighted by Crippen LogP contribution is 2.57. The monoisotopic (exact) mass is 660 g/mol. The van der Waals surface area contributed by atoms with E-state index < -0.39 is 44.8 Å². The molecule has 0 N–H and O–H groups in total. The Hall–Kier alpha value is 2.02. The zero-order chi connectivity index (χ0) is 27.0. The van der Waals surface area contributed by atoms with Gasteiger partial charge in [0.25, 0.3) is 0 Å². The summed E-state index contributed by atoms with van der Waals surface area (Å²) >= 11 is 1.08. The molecule has 0 aromatic heterocycles. The van der Waals surface area contributed by atoms with Crippen LogP contribution < -0.4 is 0 Å². The second-order valence-electron chi connectivity index (χ2n) is 3.71. The predicted molar refractivity (Wildman–Crippen MR) is 149 cm³/mol. The molecule has 21 heteroatoms. The van der Waals surface area contributed by atoms with E-state index in [4.69, 9.17) is 0 Å². The zero-order valence-electron chi connectivity index (χ0n) is 19.6. The van der Waals surface area contributed by atoms with Crippen LogP contribution >= 0.6 is 61.4 Å². The highest BCUT2D eigenvalue weighted by molar-refractivity contribution is 8.71. The molecule has 0 saturated heterocycles. The number of hydrogen-bond acceptors (Lipinski definition) is 16. The van der Waals surface area contributed by atoms with Gasteiger partial charge in [-0.25, -0.2) is 21.4 Å². The Bertz CT molecular complexity index is 678. The largest absolute Gasteiger partial charge is 0.388 e. The van der Waals surface area contributed by atoms with Gasteiger partial charge in [0.2, 0.25) is 10.1 Å². The molecule has 0 saturated carbocycles. The van der Waals surface area contributed by atoms with Crippen LogP contribution in [0.5, 0.6) is 0 Å². The van der Waals surface area contributed by atoms with E-state index in [1.807, 2.05) is 6.26 Å². The van der Waals surface area contributed by atoms with E-state index in [2.05, 4.69) is 17.4 Å². The summed E-state index contributed by atoms with van der Waals surface area (Å²) in [5.41, 5.74) is 0. The Balaban J connectivity index is -0.0000000958. The van der Waals surface area contributed by atoms with Crippen molar-refractivity contribution in [2.45, 2.75) is 0 Å². The van der Waals surface area contributed by atoms with Crippen LogP contribution in [0.4, 0.5) is 0 Å². The summed E-state index contributed by atoms with van der Waals surface area (Å²) < 4.78 is 88.3. The van der Waals surface area contributed by atoms with Crippen molar-refractivity contribution in [3.8, 4) is 0 Å². The van der Waals surface area contributed by atoms with Gasteiger partial charge in [-0.15, -0.1) is 0 Å². The summed E-state index contributed by atoms with van der Waals surface area (Å²) in [4.78, 5) is 0. The fourth-order valence-electron chi connectivity index (χ4n) is 0.360. The average Bonchev–Trinajstić information content (AvgIpc) is 2.78. The van der Waals surface area contributed by atoms with Crippen molar-refractivity contribution in [3.05, 3.63) is 0 Å². The van der Waals surface area contributed by atoms with Gasteiger partial charge >= 0.3 is 15.9 Å². The minimum Gasteiger partial charge on any atom is -0.304 e. The average molecular weight is 661 g/mol. The molecule has 0 aromatic rings. The van der Waals surface area contributed by atoms with Crippen molar-refractivity contribution >= 4 is 99.3 Å². The lowest BCUT2D eigenvalue weighted by Crippen LogP contribution is -1.92. The first kappa shape index (κ1) is 44.0. The molecule has 0 aliphatic rings. The fraction of sp³-hybridized carbons (Fsp3) is 1.00. The molecule has 0 aliphatic heterocycles. The Morgan fingerprint density at radius 3 is 1.12 bits per heavy atom. The Morgan fingerprint density at radius 2 is 1.12 bits per heavy atom. The molecule has 0 heterocycles. The third kappa shape index (κ3) is 45.5. The molecule has 0 spiro atoms. The highest BCUT2D eigenvalue weighted by atomic mass is 33.2. The summed E-state index contributed by atoms with van der Waals surface area (Å²) in [7, 11) is 1.56. The maximum atomic E-state index is 10.8. The topological polar surface area (TPSA) is 156 Å². The van der Waals surface area contributed by atoms with Gasteiger partial charge in [-0.3, -0.25) is 8.37 Å². The molecule has 0 aromatic carbocycles. The van der Waals surface area contributed by atoms with Crippen LogP contribution in [-0.2, 0) is 59.9 Å². The standard InChI is InChI=1S/C3H9O3PS.C2H6O3S2.2C2H6O2S2.C2H6OS2/c1-5-7(4,6-2)8-3;1-5-7(3,4)6-2;1-5-6(2,3)4;1-4-6(3)5-2;1-4-5(2)3/h1-3H3;1-2H3;2*1-2H3;1-2H3. The molecular weight excluding hydrogens is 628 g/mol. The van der Waals surface area contributed by atoms with Crippen molar-refractivity contribution in [1.29, 1.82) is 0 Å². The van der Waals surface area contributed by atoms with Crippen LogP contribution in [0.1, 0.15) is 0 Å². The molecule has 2 atom stereocenters. The molecule has 0 fully saturated rings.